The summed E-state index contributed by atoms with van der Waals surface area (Å²) in [6.07, 6.45) is 8.46. The third kappa shape index (κ3) is 4.86. The average molecular weight is 493 g/mol. The van der Waals surface area contributed by atoms with Crippen LogP contribution in [0.3, 0.4) is 0 Å². The van der Waals surface area contributed by atoms with Crippen LogP contribution in [0.2, 0.25) is 0 Å². The van der Waals surface area contributed by atoms with E-state index in [-0.39, 0.29) is 17.3 Å². The predicted octanol–water partition coefficient (Wildman–Crippen LogP) is 5.99. The van der Waals surface area contributed by atoms with E-state index >= 15 is 0 Å². The Balaban J connectivity index is 1.72. The molecule has 2 N–H and O–H groups in total. The number of H-pyrrole nitrogens is 1. The summed E-state index contributed by atoms with van der Waals surface area (Å²) in [5.74, 6) is 0.0737. The van der Waals surface area contributed by atoms with Gasteiger partial charge in [0.05, 0.1) is 23.8 Å². The largest absolute Gasteiger partial charge is 0.361 e. The van der Waals surface area contributed by atoms with Gasteiger partial charge in [0, 0.05) is 29.4 Å². The number of halogens is 1. The minimum Gasteiger partial charge on any atom is -0.361 e. The van der Waals surface area contributed by atoms with Crippen LogP contribution in [-0.4, -0.2) is 26.2 Å². The quantitative estimate of drug-likeness (QED) is 0.272. The Kier molecular flexibility index (Phi) is 6.81. The summed E-state index contributed by atoms with van der Waals surface area (Å²) in [7, 11) is 0. The molecule has 37 heavy (non-hydrogen) atoms. The molecule has 184 valence electrons. The molecule has 2 aromatic carbocycles. The summed E-state index contributed by atoms with van der Waals surface area (Å²) in [4.78, 5) is 33.7. The van der Waals surface area contributed by atoms with Crippen LogP contribution in [0.5, 0.6) is 0 Å². The number of nitrogens with zero attached hydrogens (tertiary/aromatic N) is 4. The number of benzene rings is 2. The van der Waals surface area contributed by atoms with Gasteiger partial charge in [0.2, 0.25) is 0 Å². The number of rotatable bonds is 7. The van der Waals surface area contributed by atoms with Crippen molar-refractivity contribution in [2.45, 2.75) is 26.4 Å². The van der Waals surface area contributed by atoms with E-state index in [4.69, 9.17) is 4.98 Å². The molecule has 0 aliphatic carbocycles. The lowest BCUT2D eigenvalue weighted by atomic mass is 9.92. The Morgan fingerprint density at radius 1 is 1.14 bits per heavy atom. The number of pyridine rings is 2. The van der Waals surface area contributed by atoms with Gasteiger partial charge in [-0.15, -0.1) is 0 Å². The Morgan fingerprint density at radius 3 is 2.78 bits per heavy atom. The molecule has 3 aromatic heterocycles. The van der Waals surface area contributed by atoms with Crippen LogP contribution < -0.4 is 10.7 Å². The van der Waals surface area contributed by atoms with E-state index in [0.717, 1.165) is 22.4 Å². The number of aliphatic imine (C=N–C) groups is 1. The van der Waals surface area contributed by atoms with Crippen LogP contribution >= 0.6 is 0 Å². The van der Waals surface area contributed by atoms with Crippen LogP contribution in [-0.2, 0) is 6.54 Å². The van der Waals surface area contributed by atoms with Crippen molar-refractivity contribution in [3.63, 3.8) is 0 Å². The third-order valence-corrected chi connectivity index (χ3v) is 6.09. The maximum absolute atomic E-state index is 14.4. The maximum atomic E-state index is 14.4. The zero-order chi connectivity index (χ0) is 25.8. The summed E-state index contributed by atoms with van der Waals surface area (Å²) in [6.45, 7) is 4.22. The standard InChI is InChI=1S/C29H25FN6O/c1-3-4-13-31-16-22-21-15-20(30)10-11-23(21)36-27(25(22)19-8-6-5-7-9-19)18(2)35-29-26-24(37)12-14-32-28(26)33-17-34-29/h3-15,17-18H,16H2,1-2H3,(H2,32,33,34,35,37)/b4-3-,31-13-/t18-/m0/s1. The van der Waals surface area contributed by atoms with E-state index in [1.54, 1.807) is 18.5 Å². The second-order valence-electron chi connectivity index (χ2n) is 8.55. The van der Waals surface area contributed by atoms with Crippen LogP contribution in [0.4, 0.5) is 10.2 Å². The number of hydrogen-bond acceptors (Lipinski definition) is 6. The molecule has 7 nitrogen and oxygen atoms in total. The molecular formula is C29H25FN6O. The first-order valence-electron chi connectivity index (χ1n) is 11.9. The lowest BCUT2D eigenvalue weighted by molar-refractivity contribution is 0.629. The molecule has 3 heterocycles. The van der Waals surface area contributed by atoms with Crippen LogP contribution in [0.15, 0.2) is 89.1 Å². The molecule has 0 amide bonds. The molecule has 1 atom stereocenters. The highest BCUT2D eigenvalue weighted by molar-refractivity contribution is 5.91. The highest BCUT2D eigenvalue weighted by Crippen LogP contribution is 2.37. The summed E-state index contributed by atoms with van der Waals surface area (Å²) in [5.41, 5.74) is 4.32. The molecule has 0 saturated carbocycles. The van der Waals surface area contributed by atoms with Crippen molar-refractivity contribution in [1.82, 2.24) is 19.9 Å². The lowest BCUT2D eigenvalue weighted by Crippen LogP contribution is -2.15. The van der Waals surface area contributed by atoms with E-state index in [9.17, 15) is 9.18 Å². The molecule has 0 aliphatic heterocycles. The summed E-state index contributed by atoms with van der Waals surface area (Å²) < 4.78 is 14.4. The van der Waals surface area contributed by atoms with Crippen molar-refractivity contribution in [3.8, 4) is 11.1 Å². The van der Waals surface area contributed by atoms with Crippen LogP contribution in [0, 0.1) is 5.82 Å². The first-order chi connectivity index (χ1) is 18.1. The zero-order valence-corrected chi connectivity index (χ0v) is 20.4. The lowest BCUT2D eigenvalue weighted by Gasteiger charge is -2.22. The number of fused-ring (bicyclic) bond motifs is 2. The van der Waals surface area contributed by atoms with Gasteiger partial charge < -0.3 is 10.3 Å². The fourth-order valence-corrected chi connectivity index (χ4v) is 4.41. The van der Waals surface area contributed by atoms with Crippen molar-refractivity contribution in [3.05, 3.63) is 107 Å². The fourth-order valence-electron chi connectivity index (χ4n) is 4.41. The Hall–Kier alpha value is -4.72. The van der Waals surface area contributed by atoms with Gasteiger partial charge in [-0.2, -0.15) is 0 Å². The van der Waals surface area contributed by atoms with Crippen molar-refractivity contribution in [1.29, 1.82) is 0 Å². The van der Waals surface area contributed by atoms with Gasteiger partial charge in [0.25, 0.3) is 0 Å². The SMILES string of the molecule is C/C=C\C=N/Cc1c(-c2ccccc2)c([C@H](C)Nc2ncnc3[nH]ccc(=O)c23)nc2ccc(F)cc12. The molecule has 0 unspecified atom stereocenters. The molecule has 5 rings (SSSR count). The normalized spacial score (nSPS) is 12.6. The number of aromatic amines is 1. The number of hydrogen-bond donors (Lipinski definition) is 2. The van der Waals surface area contributed by atoms with E-state index in [2.05, 4.69) is 25.3 Å². The number of nitrogens with one attached hydrogen (secondary N) is 2. The minimum absolute atomic E-state index is 0.187. The topological polar surface area (TPSA) is 95.9 Å². The molecule has 0 spiro atoms. The maximum Gasteiger partial charge on any atom is 0.194 e. The van der Waals surface area contributed by atoms with E-state index in [1.807, 2.05) is 56.3 Å². The molecule has 0 aliphatic rings. The molecule has 0 fully saturated rings. The minimum atomic E-state index is -0.361. The molecule has 0 saturated heterocycles. The monoisotopic (exact) mass is 492 g/mol. The predicted molar refractivity (Wildman–Crippen MR) is 146 cm³/mol. The summed E-state index contributed by atoms with van der Waals surface area (Å²) in [6, 6.07) is 15.5. The zero-order valence-electron chi connectivity index (χ0n) is 20.4. The van der Waals surface area contributed by atoms with Crippen LogP contribution in [0.1, 0.15) is 31.1 Å². The van der Waals surface area contributed by atoms with Crippen molar-refractivity contribution in [2.24, 2.45) is 4.99 Å². The van der Waals surface area contributed by atoms with E-state index in [1.165, 1.54) is 24.5 Å². The second-order valence-corrected chi connectivity index (χ2v) is 8.55. The molecule has 8 heteroatoms. The van der Waals surface area contributed by atoms with Gasteiger partial charge in [-0.3, -0.25) is 9.79 Å². The van der Waals surface area contributed by atoms with Gasteiger partial charge in [0.1, 0.15) is 29.0 Å². The van der Waals surface area contributed by atoms with E-state index in [0.29, 0.717) is 34.3 Å². The molecule has 0 radical (unpaired) electrons. The van der Waals surface area contributed by atoms with E-state index < -0.39 is 0 Å². The van der Waals surface area contributed by atoms with Gasteiger partial charge in [-0.05, 0) is 49.2 Å². The third-order valence-electron chi connectivity index (χ3n) is 6.09. The van der Waals surface area contributed by atoms with Gasteiger partial charge in [-0.1, -0.05) is 36.4 Å². The van der Waals surface area contributed by atoms with Crippen LogP contribution in [0.25, 0.3) is 33.1 Å². The Labute approximate surface area is 212 Å². The average Bonchev–Trinajstić information content (AvgIpc) is 2.91. The number of anilines is 1. The van der Waals surface area contributed by atoms with Crippen molar-refractivity contribution >= 4 is 34.0 Å². The second kappa shape index (κ2) is 10.5. The first-order valence-corrected chi connectivity index (χ1v) is 11.9. The summed E-state index contributed by atoms with van der Waals surface area (Å²) >= 11 is 0. The smallest absolute Gasteiger partial charge is 0.194 e. The van der Waals surface area contributed by atoms with Crippen molar-refractivity contribution in [2.75, 3.05) is 5.32 Å². The highest BCUT2D eigenvalue weighted by Gasteiger charge is 2.22. The first kappa shape index (κ1) is 24.0. The Morgan fingerprint density at radius 2 is 1.97 bits per heavy atom. The fraction of sp³-hybridized carbons (Fsp3) is 0.138. The summed E-state index contributed by atoms with van der Waals surface area (Å²) in [5, 5.41) is 4.45. The van der Waals surface area contributed by atoms with Gasteiger partial charge in [0.15, 0.2) is 5.43 Å². The highest BCUT2D eigenvalue weighted by atomic mass is 19.1. The Bertz CT molecular complexity index is 1690. The van der Waals surface area contributed by atoms with Crippen molar-refractivity contribution < 1.29 is 4.39 Å². The molecule has 5 aromatic rings. The molecular weight excluding hydrogens is 467 g/mol. The molecule has 0 bridgehead atoms. The number of allylic oxidation sites excluding steroid dienone is 2. The number of aromatic nitrogens is 4. The van der Waals surface area contributed by atoms with Gasteiger partial charge >= 0.3 is 0 Å². The van der Waals surface area contributed by atoms with Gasteiger partial charge in [-0.25, -0.2) is 19.3 Å².